The lowest BCUT2D eigenvalue weighted by Gasteiger charge is -2.28. The first-order valence-electron chi connectivity index (χ1n) is 7.70. The molecular formula is C15H23NO3S2. The highest BCUT2D eigenvalue weighted by Crippen LogP contribution is 2.44. The van der Waals surface area contributed by atoms with Gasteiger partial charge < -0.3 is 5.11 Å². The molecular weight excluding hydrogens is 306 g/mol. The SMILES string of the molecule is C[C@H](O)c1ccc(C2(CNS(=O)(=O)C3CC3)CCCC2)s1. The molecule has 2 saturated carbocycles. The Balaban J connectivity index is 1.78. The molecule has 2 N–H and O–H groups in total. The van der Waals surface area contributed by atoms with Crippen LogP contribution < -0.4 is 4.72 Å². The molecule has 6 heteroatoms. The zero-order valence-corrected chi connectivity index (χ0v) is 14.0. The van der Waals surface area contributed by atoms with Crippen LogP contribution in [0.5, 0.6) is 0 Å². The molecule has 0 unspecified atom stereocenters. The predicted octanol–water partition coefficient (Wildman–Crippen LogP) is 2.70. The van der Waals surface area contributed by atoms with Crippen LogP contribution in [0.3, 0.4) is 0 Å². The minimum atomic E-state index is -3.12. The average Bonchev–Trinajstić information content (AvgIpc) is 3.01. The van der Waals surface area contributed by atoms with E-state index >= 15 is 0 Å². The van der Waals surface area contributed by atoms with Gasteiger partial charge >= 0.3 is 0 Å². The van der Waals surface area contributed by atoms with Crippen molar-refractivity contribution in [2.24, 2.45) is 0 Å². The van der Waals surface area contributed by atoms with Gasteiger partial charge in [0.2, 0.25) is 10.0 Å². The van der Waals surface area contributed by atoms with E-state index in [1.807, 2.05) is 6.07 Å². The highest BCUT2D eigenvalue weighted by Gasteiger charge is 2.41. The summed E-state index contributed by atoms with van der Waals surface area (Å²) in [5.74, 6) is 0. The van der Waals surface area contributed by atoms with Crippen LogP contribution in [0.4, 0.5) is 0 Å². The molecule has 2 aliphatic carbocycles. The van der Waals surface area contributed by atoms with Gasteiger partial charge in [-0.1, -0.05) is 12.8 Å². The highest BCUT2D eigenvalue weighted by molar-refractivity contribution is 7.90. The van der Waals surface area contributed by atoms with Crippen molar-refractivity contribution in [2.45, 2.75) is 62.2 Å². The van der Waals surface area contributed by atoms with Crippen LogP contribution in [-0.4, -0.2) is 25.3 Å². The topological polar surface area (TPSA) is 66.4 Å². The van der Waals surface area contributed by atoms with E-state index in [1.54, 1.807) is 18.3 Å². The molecule has 0 aliphatic heterocycles. The number of nitrogens with one attached hydrogen (secondary N) is 1. The smallest absolute Gasteiger partial charge is 0.214 e. The van der Waals surface area contributed by atoms with Crippen LogP contribution in [0, 0.1) is 0 Å². The Labute approximate surface area is 130 Å². The molecule has 118 valence electrons. The van der Waals surface area contributed by atoms with Gasteiger partial charge in [-0.25, -0.2) is 13.1 Å². The molecule has 0 spiro atoms. The fourth-order valence-corrected chi connectivity index (χ4v) is 5.82. The fourth-order valence-electron chi connectivity index (χ4n) is 3.16. The molecule has 0 aromatic carbocycles. The number of hydrogen-bond acceptors (Lipinski definition) is 4. The third kappa shape index (κ3) is 3.18. The summed E-state index contributed by atoms with van der Waals surface area (Å²) in [4.78, 5) is 2.18. The summed E-state index contributed by atoms with van der Waals surface area (Å²) >= 11 is 1.63. The van der Waals surface area contributed by atoms with Gasteiger partial charge in [0.15, 0.2) is 0 Å². The third-order valence-electron chi connectivity index (χ3n) is 4.70. The van der Waals surface area contributed by atoms with Crippen LogP contribution >= 0.6 is 11.3 Å². The number of aliphatic hydroxyl groups excluding tert-OH is 1. The van der Waals surface area contributed by atoms with Gasteiger partial charge in [0.05, 0.1) is 11.4 Å². The average molecular weight is 329 g/mol. The molecule has 4 nitrogen and oxygen atoms in total. The number of sulfonamides is 1. The lowest BCUT2D eigenvalue weighted by molar-refractivity contribution is 0.203. The third-order valence-corrected chi connectivity index (χ3v) is 8.09. The predicted molar refractivity (Wildman–Crippen MR) is 85.0 cm³/mol. The largest absolute Gasteiger partial charge is 0.388 e. The van der Waals surface area contributed by atoms with E-state index in [2.05, 4.69) is 10.8 Å². The fraction of sp³-hybridized carbons (Fsp3) is 0.733. The van der Waals surface area contributed by atoms with Crippen molar-refractivity contribution in [1.29, 1.82) is 0 Å². The monoisotopic (exact) mass is 329 g/mol. The Morgan fingerprint density at radius 1 is 1.38 bits per heavy atom. The van der Waals surface area contributed by atoms with E-state index in [0.717, 1.165) is 43.4 Å². The summed E-state index contributed by atoms with van der Waals surface area (Å²) < 4.78 is 27.0. The van der Waals surface area contributed by atoms with Gasteiger partial charge in [-0.2, -0.15) is 0 Å². The Morgan fingerprint density at radius 2 is 2.05 bits per heavy atom. The Kier molecular flexibility index (Phi) is 4.16. The maximum Gasteiger partial charge on any atom is 0.214 e. The van der Waals surface area contributed by atoms with Gasteiger partial charge in [-0.3, -0.25) is 0 Å². The summed E-state index contributed by atoms with van der Waals surface area (Å²) in [6, 6.07) is 4.05. The first kappa shape index (κ1) is 15.5. The van der Waals surface area contributed by atoms with Crippen LogP contribution in [0.15, 0.2) is 12.1 Å². The molecule has 0 saturated heterocycles. The van der Waals surface area contributed by atoms with Crippen LogP contribution in [-0.2, 0) is 15.4 Å². The maximum atomic E-state index is 12.1. The Bertz CT molecular complexity index is 596. The lowest BCUT2D eigenvalue weighted by atomic mass is 9.85. The van der Waals surface area contributed by atoms with Crippen molar-refractivity contribution in [3.63, 3.8) is 0 Å². The molecule has 2 fully saturated rings. The van der Waals surface area contributed by atoms with Gasteiger partial charge in [0.25, 0.3) is 0 Å². The molecule has 1 heterocycles. The van der Waals surface area contributed by atoms with Crippen molar-refractivity contribution in [1.82, 2.24) is 4.72 Å². The van der Waals surface area contributed by atoms with E-state index in [-0.39, 0.29) is 10.7 Å². The lowest BCUT2D eigenvalue weighted by Crippen LogP contribution is -2.39. The van der Waals surface area contributed by atoms with Gasteiger partial charge in [-0.15, -0.1) is 11.3 Å². The minimum Gasteiger partial charge on any atom is -0.388 e. The summed E-state index contributed by atoms with van der Waals surface area (Å²) in [6.07, 6.45) is 5.49. The van der Waals surface area contributed by atoms with E-state index in [4.69, 9.17) is 0 Å². The van der Waals surface area contributed by atoms with Crippen LogP contribution in [0.25, 0.3) is 0 Å². The molecule has 0 amide bonds. The first-order valence-corrected chi connectivity index (χ1v) is 10.1. The summed E-state index contributed by atoms with van der Waals surface area (Å²) in [6.45, 7) is 2.28. The number of thiophene rings is 1. The van der Waals surface area contributed by atoms with Crippen molar-refractivity contribution < 1.29 is 13.5 Å². The van der Waals surface area contributed by atoms with Crippen molar-refractivity contribution in [3.8, 4) is 0 Å². The van der Waals surface area contributed by atoms with E-state index < -0.39 is 16.1 Å². The normalized spacial score (nSPS) is 23.3. The number of rotatable bonds is 6. The standard InChI is InChI=1S/C15H23NO3S2/c1-11(17)13-6-7-14(20-13)15(8-2-3-9-15)10-16-21(18,19)12-4-5-12/h6-7,11-12,16-17H,2-5,8-10H2,1H3/t11-/m0/s1. The molecule has 3 rings (SSSR count). The quantitative estimate of drug-likeness (QED) is 0.843. The second kappa shape index (κ2) is 5.65. The van der Waals surface area contributed by atoms with E-state index in [0.29, 0.717) is 6.54 Å². The zero-order valence-electron chi connectivity index (χ0n) is 12.3. The summed E-state index contributed by atoms with van der Waals surface area (Å²) in [7, 11) is -3.12. The first-order chi connectivity index (χ1) is 9.93. The Hall–Kier alpha value is -0.430. The number of aliphatic hydroxyl groups is 1. The molecule has 0 bridgehead atoms. The molecule has 1 aromatic rings. The van der Waals surface area contributed by atoms with Crippen LogP contribution in [0.1, 0.15) is 61.3 Å². The molecule has 0 radical (unpaired) electrons. The second-order valence-corrected chi connectivity index (χ2v) is 9.59. The van der Waals surface area contributed by atoms with Crippen molar-refractivity contribution >= 4 is 21.4 Å². The highest BCUT2D eigenvalue weighted by atomic mass is 32.2. The second-order valence-electron chi connectivity index (χ2n) is 6.43. The van der Waals surface area contributed by atoms with Crippen molar-refractivity contribution in [3.05, 3.63) is 21.9 Å². The summed E-state index contributed by atoms with van der Waals surface area (Å²) in [5.41, 5.74) is -0.0697. The van der Waals surface area contributed by atoms with Gasteiger partial charge in [0, 0.05) is 21.7 Å². The zero-order chi connectivity index (χ0) is 15.1. The van der Waals surface area contributed by atoms with Gasteiger partial charge in [0.1, 0.15) is 0 Å². The van der Waals surface area contributed by atoms with E-state index in [1.165, 1.54) is 4.88 Å². The van der Waals surface area contributed by atoms with Crippen LogP contribution in [0.2, 0.25) is 0 Å². The van der Waals surface area contributed by atoms with E-state index in [9.17, 15) is 13.5 Å². The summed E-state index contributed by atoms with van der Waals surface area (Å²) in [5, 5.41) is 9.54. The Morgan fingerprint density at radius 3 is 2.57 bits per heavy atom. The number of hydrogen-bond donors (Lipinski definition) is 2. The maximum absolute atomic E-state index is 12.1. The van der Waals surface area contributed by atoms with Crippen molar-refractivity contribution in [2.75, 3.05) is 6.54 Å². The molecule has 1 atom stereocenters. The molecule has 1 aromatic heterocycles. The molecule has 2 aliphatic rings. The van der Waals surface area contributed by atoms with Gasteiger partial charge in [-0.05, 0) is 44.7 Å². The molecule has 21 heavy (non-hydrogen) atoms. The minimum absolute atomic E-state index is 0.0697.